The van der Waals surface area contributed by atoms with Gasteiger partial charge in [0, 0.05) is 37.3 Å². The largest absolute Gasteiger partial charge is 0.401 e. The molecule has 1 aliphatic carbocycles. The fourth-order valence-electron chi connectivity index (χ4n) is 4.56. The predicted octanol–water partition coefficient (Wildman–Crippen LogP) is 2.93. The summed E-state index contributed by atoms with van der Waals surface area (Å²) in [4.78, 5) is 18.3. The Morgan fingerprint density at radius 1 is 1.12 bits per heavy atom. The molecule has 0 amide bonds. The lowest BCUT2D eigenvalue weighted by Crippen LogP contribution is -2.36. The second-order valence-corrected chi connectivity index (χ2v) is 8.23. The molecule has 0 bridgehead atoms. The number of H-pyrrole nitrogens is 1. The quantitative estimate of drug-likeness (QED) is 0.467. The van der Waals surface area contributed by atoms with Crippen molar-refractivity contribution in [3.63, 3.8) is 0 Å². The van der Waals surface area contributed by atoms with Crippen molar-refractivity contribution in [1.29, 1.82) is 0 Å². The third-order valence-corrected chi connectivity index (χ3v) is 6.22. The molecule has 7 rings (SSSR count). The van der Waals surface area contributed by atoms with Crippen molar-refractivity contribution in [3.05, 3.63) is 72.0 Å². The second-order valence-electron chi connectivity index (χ2n) is 8.23. The van der Waals surface area contributed by atoms with Crippen LogP contribution in [0.25, 0.3) is 17.1 Å². The maximum atomic E-state index is 6.03. The molecule has 5 aromatic rings. The first kappa shape index (κ1) is 17.6. The minimum Gasteiger partial charge on any atom is -0.401 e. The molecule has 32 heavy (non-hydrogen) atoms. The number of aromatic amines is 1. The molecule has 5 aromatic heterocycles. The number of nitrogens with one attached hydrogen (secondary N) is 1. The Balaban J connectivity index is 1.34. The van der Waals surface area contributed by atoms with Crippen LogP contribution in [0, 0.1) is 0 Å². The van der Waals surface area contributed by atoms with Gasteiger partial charge in [-0.1, -0.05) is 11.2 Å². The maximum Gasteiger partial charge on any atom is 0.319 e. The van der Waals surface area contributed by atoms with Gasteiger partial charge in [-0.2, -0.15) is 5.10 Å². The summed E-state index contributed by atoms with van der Waals surface area (Å²) in [6, 6.07) is 6.65. The molecular weight excluding hydrogens is 406 g/mol. The molecule has 1 N–H and O–H groups in total. The number of hydrogen-bond donors (Lipinski definition) is 1. The van der Waals surface area contributed by atoms with Crippen LogP contribution in [0.2, 0.25) is 0 Å². The average molecular weight is 425 g/mol. The van der Waals surface area contributed by atoms with E-state index in [1.807, 2.05) is 10.7 Å². The van der Waals surface area contributed by atoms with E-state index in [0.29, 0.717) is 30.1 Å². The molecule has 6 heterocycles. The van der Waals surface area contributed by atoms with Crippen molar-refractivity contribution >= 4 is 11.5 Å². The molecule has 0 aromatic carbocycles. The molecule has 158 valence electrons. The Kier molecular flexibility index (Phi) is 3.69. The third kappa shape index (κ3) is 2.72. The molecule has 1 unspecified atom stereocenters. The Hall–Kier alpha value is -4.08. The number of rotatable bonds is 4. The number of nitrogens with zero attached hydrogens (tertiary/aromatic N) is 8. The smallest absolute Gasteiger partial charge is 0.319 e. The van der Waals surface area contributed by atoms with Crippen LogP contribution < -0.4 is 4.90 Å². The molecule has 1 aliphatic heterocycles. The molecular formula is C22H19N9O. The molecule has 10 nitrogen and oxygen atoms in total. The zero-order valence-electron chi connectivity index (χ0n) is 17.1. The molecule has 1 fully saturated rings. The van der Waals surface area contributed by atoms with Crippen LogP contribution >= 0.6 is 0 Å². The van der Waals surface area contributed by atoms with Crippen molar-refractivity contribution in [1.82, 2.24) is 39.7 Å². The van der Waals surface area contributed by atoms with E-state index in [1.54, 1.807) is 24.9 Å². The van der Waals surface area contributed by atoms with E-state index in [2.05, 4.69) is 53.2 Å². The van der Waals surface area contributed by atoms with Gasteiger partial charge in [-0.25, -0.2) is 14.5 Å². The van der Waals surface area contributed by atoms with Crippen molar-refractivity contribution in [2.75, 3.05) is 11.4 Å². The number of anilines is 1. The van der Waals surface area contributed by atoms with Gasteiger partial charge in [0.25, 0.3) is 5.89 Å². The fourth-order valence-corrected chi connectivity index (χ4v) is 4.56. The zero-order valence-corrected chi connectivity index (χ0v) is 17.1. The van der Waals surface area contributed by atoms with E-state index in [-0.39, 0.29) is 6.04 Å². The lowest BCUT2D eigenvalue weighted by Gasteiger charge is -2.32. The Labute approximate surface area is 182 Å². The van der Waals surface area contributed by atoms with Gasteiger partial charge in [-0.15, -0.1) is 5.10 Å². The molecule has 0 radical (unpaired) electrons. The van der Waals surface area contributed by atoms with Gasteiger partial charge in [0.2, 0.25) is 0 Å². The van der Waals surface area contributed by atoms with Crippen molar-refractivity contribution in [3.8, 4) is 11.6 Å². The highest BCUT2D eigenvalue weighted by molar-refractivity contribution is 5.60. The Morgan fingerprint density at radius 3 is 2.97 bits per heavy atom. The number of imidazole rings is 1. The summed E-state index contributed by atoms with van der Waals surface area (Å²) in [6.45, 7) is 0.700. The van der Waals surface area contributed by atoms with Gasteiger partial charge < -0.3 is 14.3 Å². The first-order valence-electron chi connectivity index (χ1n) is 10.7. The third-order valence-electron chi connectivity index (χ3n) is 6.22. The summed E-state index contributed by atoms with van der Waals surface area (Å²) in [5.41, 5.74) is 6.01. The zero-order chi connectivity index (χ0) is 21.1. The minimum atomic E-state index is -0.230. The number of hydrogen-bond acceptors (Lipinski definition) is 8. The van der Waals surface area contributed by atoms with E-state index >= 15 is 0 Å². The standard InChI is InChI=1S/C22H19N9O/c1-2-14(13-3-4-13)18-10-16(29-31(18)8-1)20-19-15(25-12-26-19)5-9-30(20)22-28-27-21(32-22)17-11-23-6-7-24-17/h1-2,6-8,10-13,20H,3-5,9H2,(H,25,26). The summed E-state index contributed by atoms with van der Waals surface area (Å²) in [5, 5.41) is 13.5. The highest BCUT2D eigenvalue weighted by Gasteiger charge is 2.36. The summed E-state index contributed by atoms with van der Waals surface area (Å²) in [6.07, 6.45) is 11.9. The molecule has 1 saturated carbocycles. The van der Waals surface area contributed by atoms with Crippen molar-refractivity contribution in [2.45, 2.75) is 31.2 Å². The van der Waals surface area contributed by atoms with Gasteiger partial charge >= 0.3 is 6.01 Å². The minimum absolute atomic E-state index is 0.230. The molecule has 10 heteroatoms. The van der Waals surface area contributed by atoms with Crippen LogP contribution in [-0.2, 0) is 6.42 Å². The van der Waals surface area contributed by atoms with E-state index in [4.69, 9.17) is 9.52 Å². The summed E-state index contributed by atoms with van der Waals surface area (Å²) in [7, 11) is 0. The molecule has 0 spiro atoms. The van der Waals surface area contributed by atoms with Crippen LogP contribution in [0.3, 0.4) is 0 Å². The number of pyridine rings is 1. The van der Waals surface area contributed by atoms with Gasteiger partial charge in [0.1, 0.15) is 11.7 Å². The van der Waals surface area contributed by atoms with E-state index in [0.717, 1.165) is 29.0 Å². The molecule has 1 atom stereocenters. The van der Waals surface area contributed by atoms with E-state index < -0.39 is 0 Å². The monoisotopic (exact) mass is 425 g/mol. The summed E-state index contributed by atoms with van der Waals surface area (Å²) >= 11 is 0. The van der Waals surface area contributed by atoms with Gasteiger partial charge in [-0.3, -0.25) is 4.98 Å². The topological polar surface area (TPSA) is 114 Å². The Morgan fingerprint density at radius 2 is 2.09 bits per heavy atom. The first-order valence-corrected chi connectivity index (χ1v) is 10.7. The normalized spacial score (nSPS) is 18.2. The average Bonchev–Trinajstić information content (AvgIpc) is 3.22. The lowest BCUT2D eigenvalue weighted by molar-refractivity contribution is 0.502. The van der Waals surface area contributed by atoms with E-state index in [9.17, 15) is 0 Å². The van der Waals surface area contributed by atoms with Crippen LogP contribution in [0.4, 0.5) is 6.01 Å². The van der Waals surface area contributed by atoms with Crippen LogP contribution in [-0.4, -0.2) is 46.3 Å². The lowest BCUT2D eigenvalue weighted by atomic mass is 10.00. The van der Waals surface area contributed by atoms with Crippen LogP contribution in [0.15, 0.2) is 53.7 Å². The fraction of sp³-hybridized carbons (Fsp3) is 0.273. The van der Waals surface area contributed by atoms with Gasteiger partial charge in [-0.05, 0) is 36.5 Å². The predicted molar refractivity (Wildman–Crippen MR) is 114 cm³/mol. The second kappa shape index (κ2) is 6.71. The highest BCUT2D eigenvalue weighted by atomic mass is 16.4. The maximum absolute atomic E-state index is 6.03. The molecule has 2 aliphatic rings. The van der Waals surface area contributed by atoms with Crippen LogP contribution in [0.5, 0.6) is 0 Å². The summed E-state index contributed by atoms with van der Waals surface area (Å²) in [5.74, 6) is 0.975. The SMILES string of the molecule is c1cc(C2CC2)c2cc(C3c4nc[nH]c4CCN3c3nnc(-c4cnccn4)o3)nn2c1. The summed E-state index contributed by atoms with van der Waals surface area (Å²) < 4.78 is 8.00. The molecule has 0 saturated heterocycles. The first-order chi connectivity index (χ1) is 15.8. The highest BCUT2D eigenvalue weighted by Crippen LogP contribution is 2.43. The number of aromatic nitrogens is 8. The van der Waals surface area contributed by atoms with Gasteiger partial charge in [0.15, 0.2) is 0 Å². The van der Waals surface area contributed by atoms with Crippen molar-refractivity contribution < 1.29 is 4.42 Å². The Bertz CT molecular complexity index is 1420. The van der Waals surface area contributed by atoms with Crippen molar-refractivity contribution in [2.24, 2.45) is 0 Å². The van der Waals surface area contributed by atoms with Gasteiger partial charge in [0.05, 0.1) is 29.4 Å². The number of fused-ring (bicyclic) bond motifs is 2. The van der Waals surface area contributed by atoms with Crippen LogP contribution in [0.1, 0.15) is 47.4 Å². The van der Waals surface area contributed by atoms with E-state index in [1.165, 1.54) is 18.4 Å².